The van der Waals surface area contributed by atoms with Crippen LogP contribution >= 0.6 is 0 Å². The smallest absolute Gasteiger partial charge is 0.168 e. The predicted octanol–water partition coefficient (Wildman–Crippen LogP) is 3.72. The summed E-state index contributed by atoms with van der Waals surface area (Å²) in [5.74, 6) is 1.37. The van der Waals surface area contributed by atoms with Crippen LogP contribution in [0.25, 0.3) is 22.4 Å². The van der Waals surface area contributed by atoms with E-state index in [1.54, 1.807) is 0 Å². The van der Waals surface area contributed by atoms with Crippen molar-refractivity contribution in [3.05, 3.63) is 36.5 Å². The number of morpholine rings is 1. The van der Waals surface area contributed by atoms with Crippen molar-refractivity contribution in [3.63, 3.8) is 0 Å². The van der Waals surface area contributed by atoms with Gasteiger partial charge in [0.25, 0.3) is 0 Å². The molecule has 1 saturated carbocycles. The van der Waals surface area contributed by atoms with Gasteiger partial charge in [0.15, 0.2) is 17.3 Å². The van der Waals surface area contributed by atoms with E-state index >= 15 is 0 Å². The van der Waals surface area contributed by atoms with Crippen molar-refractivity contribution in [2.45, 2.75) is 62.6 Å². The molecule has 1 spiro atoms. The van der Waals surface area contributed by atoms with Gasteiger partial charge < -0.3 is 19.1 Å². The normalized spacial score (nSPS) is 27.1. The largest absolute Gasteiger partial charge is 0.371 e. The van der Waals surface area contributed by atoms with Gasteiger partial charge in [0.2, 0.25) is 0 Å². The molecule has 33 heavy (non-hydrogen) atoms. The van der Waals surface area contributed by atoms with Gasteiger partial charge in [-0.15, -0.1) is 0 Å². The third-order valence-corrected chi connectivity index (χ3v) is 7.69. The van der Waals surface area contributed by atoms with Gasteiger partial charge in [0.05, 0.1) is 43.0 Å². The first-order chi connectivity index (χ1) is 16.3. The summed E-state index contributed by atoms with van der Waals surface area (Å²) in [6.07, 6.45) is 8.56. The summed E-state index contributed by atoms with van der Waals surface area (Å²) >= 11 is 0. The Labute approximate surface area is 192 Å². The summed E-state index contributed by atoms with van der Waals surface area (Å²) in [6, 6.07) is 10.5. The Morgan fingerprint density at radius 3 is 2.33 bits per heavy atom. The van der Waals surface area contributed by atoms with Crippen LogP contribution in [0, 0.1) is 0 Å². The molecule has 2 atom stereocenters. The summed E-state index contributed by atoms with van der Waals surface area (Å²) in [7, 11) is 0. The maximum Gasteiger partial charge on any atom is 0.168 e. The summed E-state index contributed by atoms with van der Waals surface area (Å²) in [5, 5.41) is 5.88. The van der Waals surface area contributed by atoms with Crippen LogP contribution < -0.4 is 4.90 Å². The molecule has 1 aliphatic carbocycles. The first-order valence-corrected chi connectivity index (χ1v) is 12.3. The Balaban J connectivity index is 1.29. The van der Waals surface area contributed by atoms with E-state index in [0.717, 1.165) is 79.9 Å². The third-order valence-electron chi connectivity index (χ3n) is 7.69. The fraction of sp³-hybridized carbons (Fsp3) is 0.560. The second-order valence-corrected chi connectivity index (χ2v) is 9.76. The van der Waals surface area contributed by atoms with Crippen molar-refractivity contribution in [1.82, 2.24) is 19.7 Å². The number of ether oxygens (including phenoxy) is 3. The van der Waals surface area contributed by atoms with E-state index in [4.69, 9.17) is 29.3 Å². The molecular formula is C25H29N5O3. The van der Waals surface area contributed by atoms with Gasteiger partial charge in [0.1, 0.15) is 5.82 Å². The first-order valence-electron chi connectivity index (χ1n) is 12.3. The van der Waals surface area contributed by atoms with Crippen molar-refractivity contribution < 1.29 is 14.2 Å². The van der Waals surface area contributed by atoms with E-state index in [-0.39, 0.29) is 11.8 Å². The summed E-state index contributed by atoms with van der Waals surface area (Å²) in [4.78, 5) is 12.5. The second kappa shape index (κ2) is 7.75. The molecule has 2 aromatic heterocycles. The van der Waals surface area contributed by atoms with Crippen LogP contribution in [0.4, 0.5) is 5.82 Å². The lowest BCUT2D eigenvalue weighted by Gasteiger charge is -2.35. The Morgan fingerprint density at radius 2 is 1.61 bits per heavy atom. The highest BCUT2D eigenvalue weighted by Crippen LogP contribution is 2.41. The molecule has 5 heterocycles. The van der Waals surface area contributed by atoms with Crippen LogP contribution in [0.15, 0.2) is 36.5 Å². The fourth-order valence-corrected chi connectivity index (χ4v) is 6.00. The van der Waals surface area contributed by atoms with E-state index in [1.807, 2.05) is 24.4 Å². The topological polar surface area (TPSA) is 74.5 Å². The van der Waals surface area contributed by atoms with Gasteiger partial charge in [-0.3, -0.25) is 0 Å². The number of benzene rings is 1. The number of hydrogen-bond donors (Lipinski definition) is 0. The molecule has 3 saturated heterocycles. The monoisotopic (exact) mass is 447 g/mol. The molecule has 0 radical (unpaired) electrons. The quantitative estimate of drug-likeness (QED) is 0.606. The van der Waals surface area contributed by atoms with Crippen molar-refractivity contribution in [2.75, 3.05) is 31.2 Å². The zero-order chi connectivity index (χ0) is 21.8. The number of aromatic nitrogens is 4. The van der Waals surface area contributed by atoms with Crippen LogP contribution in [-0.4, -0.2) is 64.0 Å². The Hall–Kier alpha value is -2.55. The lowest BCUT2D eigenvalue weighted by molar-refractivity contribution is -0.181. The third kappa shape index (κ3) is 3.43. The van der Waals surface area contributed by atoms with Crippen molar-refractivity contribution in [1.29, 1.82) is 0 Å². The Bertz CT molecular complexity index is 1140. The maximum atomic E-state index is 6.09. The predicted molar refractivity (Wildman–Crippen MR) is 123 cm³/mol. The van der Waals surface area contributed by atoms with Gasteiger partial charge in [-0.25, -0.2) is 14.6 Å². The lowest BCUT2D eigenvalue weighted by atomic mass is 9.90. The molecule has 7 rings (SSSR count). The van der Waals surface area contributed by atoms with Gasteiger partial charge in [0, 0.05) is 31.5 Å². The average molecular weight is 448 g/mol. The van der Waals surface area contributed by atoms with Crippen molar-refractivity contribution in [3.8, 4) is 11.4 Å². The molecule has 3 aromatic rings. The SMILES string of the molecule is c1ccc(-c2nc(N3CC4CCC(C3)O4)c3cnn(C4CCC5(CC4)OCCO5)c3n2)cc1. The Morgan fingerprint density at radius 1 is 0.879 bits per heavy atom. The molecule has 3 aliphatic heterocycles. The highest BCUT2D eigenvalue weighted by atomic mass is 16.7. The summed E-state index contributed by atoms with van der Waals surface area (Å²) in [5.41, 5.74) is 1.95. The van der Waals surface area contributed by atoms with Crippen molar-refractivity contribution in [2.24, 2.45) is 0 Å². The molecule has 0 N–H and O–H groups in total. The summed E-state index contributed by atoms with van der Waals surface area (Å²) < 4.78 is 20.1. The highest BCUT2D eigenvalue weighted by molar-refractivity contribution is 5.89. The van der Waals surface area contributed by atoms with Crippen LogP contribution in [0.1, 0.15) is 44.6 Å². The molecule has 8 nitrogen and oxygen atoms in total. The minimum Gasteiger partial charge on any atom is -0.371 e. The zero-order valence-electron chi connectivity index (χ0n) is 18.7. The van der Waals surface area contributed by atoms with Gasteiger partial charge >= 0.3 is 0 Å². The summed E-state index contributed by atoms with van der Waals surface area (Å²) in [6.45, 7) is 3.16. The lowest BCUT2D eigenvalue weighted by Crippen LogP contribution is -2.43. The first kappa shape index (κ1) is 19.9. The molecule has 4 aliphatic rings. The van der Waals surface area contributed by atoms with E-state index in [0.29, 0.717) is 25.4 Å². The fourth-order valence-electron chi connectivity index (χ4n) is 6.00. The minimum absolute atomic E-state index is 0.285. The number of nitrogens with zero attached hydrogens (tertiary/aromatic N) is 5. The minimum atomic E-state index is -0.373. The van der Waals surface area contributed by atoms with E-state index in [9.17, 15) is 0 Å². The van der Waals surface area contributed by atoms with E-state index in [1.165, 1.54) is 0 Å². The van der Waals surface area contributed by atoms with Gasteiger partial charge in [-0.1, -0.05) is 30.3 Å². The molecular weight excluding hydrogens is 418 g/mol. The van der Waals surface area contributed by atoms with Crippen LogP contribution in [-0.2, 0) is 14.2 Å². The molecule has 1 aromatic carbocycles. The Kier molecular flexibility index (Phi) is 4.67. The van der Waals surface area contributed by atoms with Crippen LogP contribution in [0.5, 0.6) is 0 Å². The number of hydrogen-bond acceptors (Lipinski definition) is 7. The van der Waals surface area contributed by atoms with Crippen LogP contribution in [0.2, 0.25) is 0 Å². The maximum absolute atomic E-state index is 6.09. The molecule has 0 amide bonds. The van der Waals surface area contributed by atoms with Crippen LogP contribution in [0.3, 0.4) is 0 Å². The standard InChI is InChI=1S/C25H29N5O3/c1-2-4-17(5-3-1)22-27-23(29-15-19-6-7-20(16-29)33-19)21-14-26-30(24(21)28-22)18-8-10-25(11-9-18)31-12-13-32-25/h1-5,14,18-20H,6-13,15-16H2. The molecule has 2 bridgehead atoms. The van der Waals surface area contributed by atoms with E-state index < -0.39 is 0 Å². The zero-order valence-corrected chi connectivity index (χ0v) is 18.7. The highest BCUT2D eigenvalue weighted by Gasteiger charge is 2.41. The van der Waals surface area contributed by atoms with Gasteiger partial charge in [-0.05, 0) is 25.7 Å². The number of fused-ring (bicyclic) bond motifs is 3. The molecule has 2 unspecified atom stereocenters. The van der Waals surface area contributed by atoms with Crippen molar-refractivity contribution >= 4 is 16.9 Å². The average Bonchev–Trinajstić information content (AvgIpc) is 3.58. The molecule has 4 fully saturated rings. The molecule has 8 heteroatoms. The molecule has 172 valence electrons. The second-order valence-electron chi connectivity index (χ2n) is 9.76. The number of rotatable bonds is 3. The van der Waals surface area contributed by atoms with E-state index in [2.05, 4.69) is 21.7 Å². The van der Waals surface area contributed by atoms with Gasteiger partial charge in [-0.2, -0.15) is 5.10 Å². The number of anilines is 1.